The number of fused-ring (bicyclic) bond motifs is 1. The summed E-state index contributed by atoms with van der Waals surface area (Å²) in [5.74, 6) is 0. The van der Waals surface area contributed by atoms with E-state index in [9.17, 15) is 0 Å². The van der Waals surface area contributed by atoms with Crippen molar-refractivity contribution in [1.82, 2.24) is 0 Å². The van der Waals surface area contributed by atoms with E-state index in [0.717, 1.165) is 0 Å². The molecule has 2 aromatic rings. The Hall–Kier alpha value is -0.236. The van der Waals surface area contributed by atoms with Crippen LogP contribution in [0.5, 0.6) is 0 Å². The Morgan fingerprint density at radius 1 is 1.21 bits per heavy atom. The van der Waals surface area contributed by atoms with Crippen molar-refractivity contribution in [2.45, 2.75) is 20.8 Å². The Balaban J connectivity index is 0. The minimum Gasteiger partial charge on any atom is -0.358 e. The summed E-state index contributed by atoms with van der Waals surface area (Å²) in [5.41, 5.74) is 1.32. The molecular weight excluding hydrogens is 227 g/mol. The third-order valence-corrected chi connectivity index (χ3v) is 2.38. The van der Waals surface area contributed by atoms with Crippen LogP contribution in [0.1, 0.15) is 19.4 Å². The van der Waals surface area contributed by atoms with Gasteiger partial charge >= 0.3 is 18.6 Å². The number of hydrogen-bond donors (Lipinski definition) is 0. The molecule has 0 spiro atoms. The van der Waals surface area contributed by atoms with Gasteiger partial charge in [-0.3, -0.25) is 11.3 Å². The average Bonchev–Trinajstić information content (AvgIpc) is 2.54. The Morgan fingerprint density at radius 3 is 2.50 bits per heavy atom. The van der Waals surface area contributed by atoms with Gasteiger partial charge in [0.1, 0.15) is 0 Å². The monoisotopic (exact) mass is 243 g/mol. The molecule has 1 heterocycles. The van der Waals surface area contributed by atoms with Crippen LogP contribution >= 0.6 is 11.3 Å². The predicted molar refractivity (Wildman–Crippen MR) is 63.2 cm³/mol. The number of benzene rings is 1. The van der Waals surface area contributed by atoms with Crippen LogP contribution < -0.4 is 0 Å². The molecule has 0 unspecified atom stereocenters. The van der Waals surface area contributed by atoms with Crippen molar-refractivity contribution in [3.63, 3.8) is 0 Å². The van der Waals surface area contributed by atoms with Gasteiger partial charge in [0.15, 0.2) is 0 Å². The summed E-state index contributed by atoms with van der Waals surface area (Å²) >= 11 is 1.67. The van der Waals surface area contributed by atoms with Gasteiger partial charge in [-0.05, 0) is 6.92 Å². The molecule has 0 aliphatic heterocycles. The SMILES string of the molecule is CC.Cc1ccc2s[c-]cc2c1.[CH3-].[V+2]. The molecule has 0 amide bonds. The van der Waals surface area contributed by atoms with E-state index in [2.05, 4.69) is 30.5 Å². The van der Waals surface area contributed by atoms with Crippen molar-refractivity contribution >= 4 is 21.4 Å². The van der Waals surface area contributed by atoms with Gasteiger partial charge in [0.2, 0.25) is 0 Å². The van der Waals surface area contributed by atoms with Crippen molar-refractivity contribution < 1.29 is 18.6 Å². The first kappa shape index (κ1) is 16.2. The fraction of sp³-hybridized carbons (Fsp3) is 0.250. The van der Waals surface area contributed by atoms with E-state index < -0.39 is 0 Å². The smallest absolute Gasteiger partial charge is 0.358 e. The molecule has 1 aromatic heterocycles. The Kier molecular flexibility index (Phi) is 9.38. The Labute approximate surface area is 103 Å². The molecule has 0 aliphatic rings. The Morgan fingerprint density at radius 2 is 1.86 bits per heavy atom. The van der Waals surface area contributed by atoms with Crippen molar-refractivity contribution in [2.75, 3.05) is 0 Å². The van der Waals surface area contributed by atoms with Gasteiger partial charge in [0.05, 0.1) is 0 Å². The van der Waals surface area contributed by atoms with E-state index in [0.29, 0.717) is 0 Å². The third-order valence-electron chi connectivity index (χ3n) is 1.55. The predicted octanol–water partition coefficient (Wildman–Crippen LogP) is 4.48. The van der Waals surface area contributed by atoms with Crippen LogP contribution in [0.3, 0.4) is 0 Å². The maximum Gasteiger partial charge on any atom is 2.00 e. The Bertz CT molecular complexity index is 352. The van der Waals surface area contributed by atoms with Gasteiger partial charge in [-0.1, -0.05) is 25.5 Å². The molecular formula is C12H16SV. The fourth-order valence-electron chi connectivity index (χ4n) is 1.03. The first-order valence-electron chi connectivity index (χ1n) is 4.22. The van der Waals surface area contributed by atoms with Crippen LogP contribution in [0, 0.1) is 19.7 Å². The zero-order valence-electron chi connectivity index (χ0n) is 9.16. The second kappa shape index (κ2) is 8.10. The molecule has 0 nitrogen and oxygen atoms in total. The van der Waals surface area contributed by atoms with Gasteiger partial charge in [0.25, 0.3) is 0 Å². The third kappa shape index (κ3) is 3.87. The molecule has 14 heavy (non-hydrogen) atoms. The summed E-state index contributed by atoms with van der Waals surface area (Å²) in [6, 6.07) is 8.49. The van der Waals surface area contributed by atoms with Gasteiger partial charge < -0.3 is 7.43 Å². The van der Waals surface area contributed by atoms with E-state index in [-0.39, 0.29) is 26.0 Å². The van der Waals surface area contributed by atoms with E-state index in [4.69, 9.17) is 0 Å². The summed E-state index contributed by atoms with van der Waals surface area (Å²) in [7, 11) is 0. The van der Waals surface area contributed by atoms with Crippen LogP contribution in [0.25, 0.3) is 10.1 Å². The summed E-state index contributed by atoms with van der Waals surface area (Å²) in [5, 5.41) is 4.42. The summed E-state index contributed by atoms with van der Waals surface area (Å²) in [4.78, 5) is 0. The standard InChI is InChI=1S/C9H7S.C2H6.CH3.V/c1-7-2-3-9-8(6-7)4-5-10-9;1-2;;/h2-4,6H,1H3;1-2H3;1H3;/q-1;;-1;+2. The zero-order valence-corrected chi connectivity index (χ0v) is 11.4. The number of hydrogen-bond acceptors (Lipinski definition) is 1. The maximum atomic E-state index is 3.11. The first-order chi connectivity index (χ1) is 5.86. The largest absolute Gasteiger partial charge is 2.00 e. The van der Waals surface area contributed by atoms with Crippen molar-refractivity contribution in [3.8, 4) is 0 Å². The molecule has 0 saturated heterocycles. The van der Waals surface area contributed by atoms with Crippen molar-refractivity contribution in [1.29, 1.82) is 0 Å². The minimum atomic E-state index is 0. The first-order valence-corrected chi connectivity index (χ1v) is 5.04. The second-order valence-electron chi connectivity index (χ2n) is 2.41. The number of thiophene rings is 1. The summed E-state index contributed by atoms with van der Waals surface area (Å²) in [6.07, 6.45) is 0. The quantitative estimate of drug-likeness (QED) is 0.598. The molecule has 0 bridgehead atoms. The average molecular weight is 243 g/mol. The molecule has 0 atom stereocenters. The van der Waals surface area contributed by atoms with E-state index >= 15 is 0 Å². The molecule has 1 radical (unpaired) electrons. The molecule has 1 aromatic carbocycles. The van der Waals surface area contributed by atoms with E-state index in [1.807, 2.05) is 19.9 Å². The van der Waals surface area contributed by atoms with Crippen LogP contribution in [-0.4, -0.2) is 0 Å². The van der Waals surface area contributed by atoms with Gasteiger partial charge in [-0.25, -0.2) is 0 Å². The van der Waals surface area contributed by atoms with E-state index in [1.165, 1.54) is 15.6 Å². The van der Waals surface area contributed by atoms with Crippen LogP contribution in [0.15, 0.2) is 24.3 Å². The fourth-order valence-corrected chi connectivity index (χ4v) is 1.71. The molecule has 0 fully saturated rings. The van der Waals surface area contributed by atoms with Gasteiger partial charge in [-0.2, -0.15) is 11.5 Å². The second-order valence-corrected chi connectivity index (χ2v) is 3.29. The summed E-state index contributed by atoms with van der Waals surface area (Å²) < 4.78 is 1.32. The normalized spacial score (nSPS) is 7.93. The molecule has 2 rings (SSSR count). The minimum absolute atomic E-state index is 0. The maximum absolute atomic E-state index is 3.11. The van der Waals surface area contributed by atoms with Gasteiger partial charge in [0, 0.05) is 0 Å². The zero-order chi connectivity index (χ0) is 8.97. The summed E-state index contributed by atoms with van der Waals surface area (Å²) in [6.45, 7) is 6.11. The topological polar surface area (TPSA) is 0 Å². The van der Waals surface area contributed by atoms with Crippen molar-refractivity contribution in [3.05, 3.63) is 42.6 Å². The molecule has 0 N–H and O–H groups in total. The number of aryl methyl sites for hydroxylation is 1. The van der Waals surface area contributed by atoms with Crippen LogP contribution in [-0.2, 0) is 18.6 Å². The van der Waals surface area contributed by atoms with Gasteiger partial charge in [-0.15, -0.1) is 22.2 Å². The molecule has 75 valence electrons. The molecule has 0 aliphatic carbocycles. The van der Waals surface area contributed by atoms with Crippen LogP contribution in [0.4, 0.5) is 0 Å². The van der Waals surface area contributed by atoms with Crippen LogP contribution in [0.2, 0.25) is 0 Å². The number of rotatable bonds is 0. The molecule has 0 saturated carbocycles. The van der Waals surface area contributed by atoms with Crippen molar-refractivity contribution in [2.24, 2.45) is 0 Å². The molecule has 2 heteroatoms. The van der Waals surface area contributed by atoms with E-state index in [1.54, 1.807) is 11.3 Å².